The fourth-order valence-corrected chi connectivity index (χ4v) is 2.77. The molecule has 0 saturated carbocycles. The highest BCUT2D eigenvalue weighted by Crippen LogP contribution is 2.28. The molecule has 132 valence electrons. The Morgan fingerprint density at radius 3 is 2.54 bits per heavy atom. The second-order valence-electron chi connectivity index (χ2n) is 5.36. The van der Waals surface area contributed by atoms with Crippen molar-refractivity contribution < 1.29 is 9.13 Å². The zero-order valence-corrected chi connectivity index (χ0v) is 15.3. The van der Waals surface area contributed by atoms with E-state index < -0.39 is 6.67 Å². The maximum absolute atomic E-state index is 12.4. The number of benzene rings is 2. The molecule has 0 fully saturated rings. The summed E-state index contributed by atoms with van der Waals surface area (Å²) >= 11 is 3.41. The van der Waals surface area contributed by atoms with E-state index in [1.54, 1.807) is 29.5 Å². The molecule has 0 atom stereocenters. The maximum atomic E-state index is 12.4. The number of hydrogen-bond donors (Lipinski definition) is 0. The molecule has 26 heavy (non-hydrogen) atoms. The molecule has 0 unspecified atom stereocenters. The molecule has 0 amide bonds. The van der Waals surface area contributed by atoms with Gasteiger partial charge in [-0.25, -0.2) is 9.07 Å². The number of anilines is 1. The second-order valence-corrected chi connectivity index (χ2v) is 6.21. The topological polar surface area (TPSA) is 67.0 Å². The normalized spacial score (nSPS) is 10.3. The fourth-order valence-electron chi connectivity index (χ4n) is 2.41. The lowest BCUT2D eigenvalue weighted by molar-refractivity contribution is 0.271. The zero-order valence-electron chi connectivity index (χ0n) is 13.7. The van der Waals surface area contributed by atoms with Crippen LogP contribution in [-0.2, 0) is 6.54 Å². The molecule has 0 N–H and O–H groups in total. The molecular formula is C18H15BrFN5O. The Hall–Kier alpha value is -2.92. The molecule has 0 saturated heterocycles. The van der Waals surface area contributed by atoms with Crippen molar-refractivity contribution in [2.75, 3.05) is 18.3 Å². The lowest BCUT2D eigenvalue weighted by Crippen LogP contribution is -2.27. The molecule has 8 heteroatoms. The third-order valence-electron chi connectivity index (χ3n) is 3.64. The Balaban J connectivity index is 1.90. The smallest absolute Gasteiger partial charge is 0.139 e. The maximum Gasteiger partial charge on any atom is 0.139 e. The van der Waals surface area contributed by atoms with E-state index in [9.17, 15) is 4.39 Å². The Kier molecular flexibility index (Phi) is 5.81. The van der Waals surface area contributed by atoms with Crippen molar-refractivity contribution in [2.45, 2.75) is 6.54 Å². The number of aromatic nitrogens is 3. The third kappa shape index (κ3) is 4.18. The van der Waals surface area contributed by atoms with Crippen molar-refractivity contribution in [2.24, 2.45) is 0 Å². The van der Waals surface area contributed by atoms with Gasteiger partial charge in [0.25, 0.3) is 0 Å². The molecule has 0 aliphatic carbocycles. The van der Waals surface area contributed by atoms with Gasteiger partial charge in [0.15, 0.2) is 0 Å². The van der Waals surface area contributed by atoms with E-state index in [4.69, 9.17) is 10.00 Å². The summed E-state index contributed by atoms with van der Waals surface area (Å²) in [5.74, 6) is 0.587. The number of nitriles is 1. The van der Waals surface area contributed by atoms with E-state index in [2.05, 4.69) is 32.2 Å². The summed E-state index contributed by atoms with van der Waals surface area (Å²) < 4.78 is 20.4. The zero-order chi connectivity index (χ0) is 18.4. The van der Waals surface area contributed by atoms with Crippen LogP contribution in [0.5, 0.6) is 5.75 Å². The Morgan fingerprint density at radius 2 is 1.88 bits per heavy atom. The van der Waals surface area contributed by atoms with Crippen molar-refractivity contribution in [3.63, 3.8) is 0 Å². The van der Waals surface area contributed by atoms with E-state index in [0.717, 1.165) is 15.7 Å². The number of rotatable bonds is 7. The van der Waals surface area contributed by atoms with Crippen molar-refractivity contribution in [3.8, 4) is 11.8 Å². The van der Waals surface area contributed by atoms with Gasteiger partial charge in [0.05, 0.1) is 28.3 Å². The molecule has 3 aromatic rings. The molecule has 1 aromatic heterocycles. The average Bonchev–Trinajstić information content (AvgIpc) is 3.21. The number of nitrogens with zero attached hydrogens (tertiary/aromatic N) is 5. The second kappa shape index (κ2) is 8.45. The van der Waals surface area contributed by atoms with Gasteiger partial charge in [-0.3, -0.25) is 5.01 Å². The molecule has 0 spiro atoms. The number of halogens is 2. The van der Waals surface area contributed by atoms with E-state index in [-0.39, 0.29) is 6.61 Å². The highest BCUT2D eigenvalue weighted by molar-refractivity contribution is 9.10. The molecule has 2 aromatic carbocycles. The first-order valence-electron chi connectivity index (χ1n) is 7.81. The van der Waals surface area contributed by atoms with Gasteiger partial charge in [-0.15, -0.1) is 10.2 Å². The van der Waals surface area contributed by atoms with Gasteiger partial charge in [-0.2, -0.15) is 5.26 Å². The first kappa shape index (κ1) is 17.9. The Labute approximate surface area is 158 Å². The van der Waals surface area contributed by atoms with Crippen LogP contribution < -0.4 is 9.75 Å². The van der Waals surface area contributed by atoms with Crippen LogP contribution in [0.3, 0.4) is 0 Å². The van der Waals surface area contributed by atoms with Crippen LogP contribution in [0.15, 0.2) is 59.6 Å². The van der Waals surface area contributed by atoms with Crippen LogP contribution in [0.1, 0.15) is 11.1 Å². The van der Waals surface area contributed by atoms with Crippen molar-refractivity contribution in [3.05, 3.63) is 70.7 Å². The average molecular weight is 416 g/mol. The largest absolute Gasteiger partial charge is 0.490 e. The summed E-state index contributed by atoms with van der Waals surface area (Å²) in [4.78, 5) is 0. The lowest BCUT2D eigenvalue weighted by Gasteiger charge is -2.25. The quantitative estimate of drug-likeness (QED) is 0.587. The standard InChI is InChI=1S/C18H15BrFN5O/c19-17-6-3-15(9-18(17)26-8-7-20)11-25(24-12-22-23-13-24)16-4-1-14(10-21)2-5-16/h1-6,9,12-13H,7-8,11H2. The van der Waals surface area contributed by atoms with Crippen LogP contribution in [0.25, 0.3) is 0 Å². The van der Waals surface area contributed by atoms with E-state index in [1.807, 2.05) is 35.3 Å². The summed E-state index contributed by atoms with van der Waals surface area (Å²) in [6.45, 7) is -0.0369. The SMILES string of the molecule is N#Cc1ccc(N(Cc2ccc(Br)c(OCCF)c2)n2cnnc2)cc1. The van der Waals surface area contributed by atoms with Crippen LogP contribution in [0, 0.1) is 11.3 Å². The summed E-state index contributed by atoms with van der Waals surface area (Å²) in [6, 6.07) is 15.0. The summed E-state index contributed by atoms with van der Waals surface area (Å²) in [5.41, 5.74) is 2.42. The van der Waals surface area contributed by atoms with Gasteiger partial charge >= 0.3 is 0 Å². The van der Waals surface area contributed by atoms with Crippen molar-refractivity contribution in [1.82, 2.24) is 14.9 Å². The van der Waals surface area contributed by atoms with Gasteiger partial charge in [0.1, 0.15) is 31.7 Å². The first-order chi connectivity index (χ1) is 12.7. The van der Waals surface area contributed by atoms with Crippen molar-refractivity contribution in [1.29, 1.82) is 5.26 Å². The monoisotopic (exact) mass is 415 g/mol. The van der Waals surface area contributed by atoms with Gasteiger partial charge in [0.2, 0.25) is 0 Å². The van der Waals surface area contributed by atoms with Crippen LogP contribution in [0.4, 0.5) is 10.1 Å². The van der Waals surface area contributed by atoms with Gasteiger partial charge in [-0.1, -0.05) is 6.07 Å². The summed E-state index contributed by atoms with van der Waals surface area (Å²) in [6.07, 6.45) is 3.19. The molecular weight excluding hydrogens is 401 g/mol. The van der Waals surface area contributed by atoms with E-state index >= 15 is 0 Å². The van der Waals surface area contributed by atoms with Gasteiger partial charge < -0.3 is 4.74 Å². The number of alkyl halides is 1. The minimum Gasteiger partial charge on any atom is -0.490 e. The van der Waals surface area contributed by atoms with Crippen LogP contribution >= 0.6 is 15.9 Å². The van der Waals surface area contributed by atoms with E-state index in [1.165, 1.54) is 0 Å². The molecule has 0 bridgehead atoms. The predicted octanol–water partition coefficient (Wildman–Crippen LogP) is 3.73. The minimum absolute atomic E-state index is 0.00678. The molecule has 0 aliphatic heterocycles. The van der Waals surface area contributed by atoms with Crippen LogP contribution in [-0.4, -0.2) is 28.2 Å². The Bertz CT molecular complexity index is 893. The molecule has 0 radical (unpaired) electrons. The summed E-state index contributed by atoms with van der Waals surface area (Å²) in [5, 5.41) is 18.6. The fraction of sp³-hybridized carbons (Fsp3) is 0.167. The molecule has 6 nitrogen and oxygen atoms in total. The lowest BCUT2D eigenvalue weighted by atomic mass is 10.2. The minimum atomic E-state index is -0.547. The third-order valence-corrected chi connectivity index (χ3v) is 4.30. The molecule has 1 heterocycles. The van der Waals surface area contributed by atoms with Crippen LogP contribution in [0.2, 0.25) is 0 Å². The number of hydrogen-bond acceptors (Lipinski definition) is 5. The van der Waals surface area contributed by atoms with Gasteiger partial charge in [-0.05, 0) is 57.9 Å². The molecule has 0 aliphatic rings. The first-order valence-corrected chi connectivity index (χ1v) is 8.60. The number of ether oxygens (including phenoxy) is 1. The Morgan fingerprint density at radius 1 is 1.15 bits per heavy atom. The van der Waals surface area contributed by atoms with Gasteiger partial charge in [0, 0.05) is 0 Å². The predicted molar refractivity (Wildman–Crippen MR) is 98.4 cm³/mol. The van der Waals surface area contributed by atoms with E-state index in [0.29, 0.717) is 17.9 Å². The highest BCUT2D eigenvalue weighted by Gasteiger charge is 2.12. The highest BCUT2D eigenvalue weighted by atomic mass is 79.9. The summed E-state index contributed by atoms with van der Waals surface area (Å²) in [7, 11) is 0. The molecule has 3 rings (SSSR count). The van der Waals surface area contributed by atoms with Crippen molar-refractivity contribution >= 4 is 21.6 Å².